The average molecular weight is 593 g/mol. The van der Waals surface area contributed by atoms with E-state index >= 15 is 0 Å². The van der Waals surface area contributed by atoms with Crippen molar-refractivity contribution in [2.45, 2.75) is 29.5 Å². The fourth-order valence-electron chi connectivity index (χ4n) is 7.56. The number of thiazole rings is 1. The molecule has 1 aromatic heterocycles. The van der Waals surface area contributed by atoms with E-state index in [4.69, 9.17) is 14.2 Å². The molecule has 2 aliphatic carbocycles. The number of hydrogen-bond acceptors (Lipinski definition) is 9. The molecule has 0 spiro atoms. The molecule has 2 aliphatic heterocycles. The molecule has 3 fully saturated rings. The van der Waals surface area contributed by atoms with E-state index in [1.54, 1.807) is 31.9 Å². The Kier molecular flexibility index (Phi) is 6.46. The van der Waals surface area contributed by atoms with Gasteiger partial charge in [0.25, 0.3) is 0 Å². The highest BCUT2D eigenvalue weighted by molar-refractivity contribution is 8.00. The Balaban J connectivity index is 1.26. The summed E-state index contributed by atoms with van der Waals surface area (Å²) in [5, 5.41) is 0.927. The highest BCUT2D eigenvalue weighted by Crippen LogP contribution is 2.68. The first kappa shape index (κ1) is 26.3. The number of aromatic amines is 1. The molecule has 2 aromatic carbocycles. The zero-order valence-electron chi connectivity index (χ0n) is 22.4. The van der Waals surface area contributed by atoms with Crippen molar-refractivity contribution < 1.29 is 28.6 Å². The highest BCUT2D eigenvalue weighted by atomic mass is 32.2. The number of fused-ring (bicyclic) bond motifs is 9. The predicted octanol–water partition coefficient (Wildman–Crippen LogP) is 4.06. The molecule has 11 heteroatoms. The van der Waals surface area contributed by atoms with Crippen LogP contribution in [0.5, 0.6) is 11.5 Å². The van der Waals surface area contributed by atoms with E-state index in [0.717, 1.165) is 21.9 Å². The molecule has 3 aromatic rings. The number of carbonyl (C=O) groups excluding carboxylic acids is 3. The van der Waals surface area contributed by atoms with Crippen molar-refractivity contribution in [3.8, 4) is 11.5 Å². The van der Waals surface area contributed by atoms with Gasteiger partial charge >= 0.3 is 10.8 Å². The van der Waals surface area contributed by atoms with Crippen LogP contribution < -0.4 is 19.2 Å². The van der Waals surface area contributed by atoms with Crippen molar-refractivity contribution in [3.63, 3.8) is 0 Å². The minimum atomic E-state index is -0.468. The Labute approximate surface area is 244 Å². The molecule has 2 bridgehead atoms. The van der Waals surface area contributed by atoms with Crippen molar-refractivity contribution in [2.24, 2.45) is 29.6 Å². The number of imide groups is 1. The Morgan fingerprint density at radius 1 is 1.02 bits per heavy atom. The monoisotopic (exact) mass is 592 g/mol. The lowest BCUT2D eigenvalue weighted by atomic mass is 9.68. The van der Waals surface area contributed by atoms with Gasteiger partial charge in [0, 0.05) is 16.0 Å². The maximum absolute atomic E-state index is 13.8. The number of anilines is 1. The van der Waals surface area contributed by atoms with Crippen LogP contribution in [0, 0.1) is 29.6 Å². The molecular weight excluding hydrogens is 564 g/mol. The van der Waals surface area contributed by atoms with E-state index in [1.807, 2.05) is 42.5 Å². The number of hydrogen-bond donors (Lipinski definition) is 1. The number of methoxy groups -OCH3 is 1. The van der Waals surface area contributed by atoms with Crippen LogP contribution in [0.15, 0.2) is 58.4 Å². The number of nitrogens with one attached hydrogen (secondary N) is 1. The normalized spacial score (nSPS) is 29.2. The van der Waals surface area contributed by atoms with Gasteiger partial charge in [0.1, 0.15) is 0 Å². The van der Waals surface area contributed by atoms with Crippen LogP contribution in [-0.2, 0) is 19.1 Å². The number of aromatic nitrogens is 1. The topological polar surface area (TPSA) is 115 Å². The lowest BCUT2D eigenvalue weighted by Gasteiger charge is -2.43. The molecule has 212 valence electrons. The quantitative estimate of drug-likeness (QED) is 0.323. The van der Waals surface area contributed by atoms with Gasteiger partial charge in [-0.1, -0.05) is 35.6 Å². The first-order chi connectivity index (χ1) is 19.9. The third-order valence-corrected chi connectivity index (χ3v) is 11.5. The second kappa shape index (κ2) is 10.1. The van der Waals surface area contributed by atoms with Gasteiger partial charge in [0.2, 0.25) is 11.8 Å². The molecule has 1 N–H and O–H groups in total. The number of esters is 1. The van der Waals surface area contributed by atoms with Gasteiger partial charge in [-0.2, -0.15) is 0 Å². The third-order valence-electron chi connectivity index (χ3n) is 8.94. The zero-order chi connectivity index (χ0) is 28.4. The van der Waals surface area contributed by atoms with Crippen molar-refractivity contribution in [1.29, 1.82) is 0 Å². The van der Waals surface area contributed by atoms with E-state index in [-0.39, 0.29) is 70.7 Å². The second-order valence-electron chi connectivity index (χ2n) is 10.8. The summed E-state index contributed by atoms with van der Waals surface area (Å²) < 4.78 is 16.3. The van der Waals surface area contributed by atoms with Gasteiger partial charge in [-0.05, 0) is 60.9 Å². The van der Waals surface area contributed by atoms with E-state index in [9.17, 15) is 19.2 Å². The Bertz CT molecular complexity index is 1600. The summed E-state index contributed by atoms with van der Waals surface area (Å²) in [6.45, 7) is 1.76. The molecule has 4 aliphatic rings. The number of para-hydroxylation sites is 1. The van der Waals surface area contributed by atoms with Crippen LogP contribution in [0.1, 0.15) is 29.7 Å². The van der Waals surface area contributed by atoms with Crippen molar-refractivity contribution in [2.75, 3.05) is 25.2 Å². The summed E-state index contributed by atoms with van der Waals surface area (Å²) in [4.78, 5) is 57.2. The first-order valence-electron chi connectivity index (χ1n) is 13.7. The summed E-state index contributed by atoms with van der Waals surface area (Å²) >= 11 is 2.86. The SMILES string of the molecule is CCOC(=O)COc1ccc([C@H]2c3sc(=O)[nH]c3SC3C4CC(C5C(=O)N(c6ccccc6)C(=O)C45)C32)cc1OC. The first-order valence-corrected chi connectivity index (χ1v) is 15.4. The van der Waals surface area contributed by atoms with Gasteiger partial charge in [-0.25, -0.2) is 4.79 Å². The van der Waals surface area contributed by atoms with Crippen molar-refractivity contribution in [3.05, 3.63) is 68.6 Å². The fraction of sp³-hybridized carbons (Fsp3) is 0.400. The molecule has 41 heavy (non-hydrogen) atoms. The number of amides is 2. The van der Waals surface area contributed by atoms with E-state index in [2.05, 4.69) is 4.98 Å². The summed E-state index contributed by atoms with van der Waals surface area (Å²) in [5.41, 5.74) is 1.56. The van der Waals surface area contributed by atoms with Crippen LogP contribution in [0.4, 0.5) is 5.69 Å². The summed E-state index contributed by atoms with van der Waals surface area (Å²) in [6.07, 6.45) is 0.811. The highest BCUT2D eigenvalue weighted by Gasteiger charge is 2.69. The number of rotatable bonds is 7. The molecule has 2 amide bonds. The fourth-order valence-corrected chi connectivity index (χ4v) is 10.4. The van der Waals surface area contributed by atoms with Gasteiger partial charge < -0.3 is 19.2 Å². The van der Waals surface area contributed by atoms with Crippen LogP contribution >= 0.6 is 23.1 Å². The van der Waals surface area contributed by atoms with Gasteiger partial charge in [-0.15, -0.1) is 11.8 Å². The van der Waals surface area contributed by atoms with E-state index in [0.29, 0.717) is 17.2 Å². The van der Waals surface area contributed by atoms with Crippen LogP contribution in [0.2, 0.25) is 0 Å². The molecule has 7 rings (SSSR count). The summed E-state index contributed by atoms with van der Waals surface area (Å²) in [7, 11) is 1.54. The maximum Gasteiger partial charge on any atom is 0.344 e. The molecule has 6 unspecified atom stereocenters. The molecule has 2 saturated carbocycles. The maximum atomic E-state index is 13.8. The Morgan fingerprint density at radius 2 is 1.78 bits per heavy atom. The lowest BCUT2D eigenvalue weighted by Crippen LogP contribution is -2.42. The number of ether oxygens (including phenoxy) is 3. The Hall–Kier alpha value is -3.57. The number of H-pyrrole nitrogens is 1. The number of nitrogens with zero attached hydrogens (tertiary/aromatic N) is 1. The number of carbonyl (C=O) groups is 3. The zero-order valence-corrected chi connectivity index (χ0v) is 24.0. The third kappa shape index (κ3) is 4.04. The minimum absolute atomic E-state index is 0.00810. The number of benzene rings is 2. The minimum Gasteiger partial charge on any atom is -0.493 e. The van der Waals surface area contributed by atoms with E-state index in [1.165, 1.54) is 16.2 Å². The van der Waals surface area contributed by atoms with Crippen LogP contribution in [0.3, 0.4) is 0 Å². The summed E-state index contributed by atoms with van der Waals surface area (Å²) in [5.74, 6) is -0.572. The standard InChI is InChI=1S/C30H28N2O7S2/c1-3-38-20(33)13-39-18-10-9-14(11-19(18)37-2)21-22-16-12-17(25(22)40-27-26(21)41-30(36)31-27)24-23(16)28(34)32(29(24)35)15-7-5-4-6-8-15/h4-11,16-17,21-25H,3,12-13H2,1-2H3,(H,31,36)/t16?,17?,21-,22?,23?,24?,25?/m1/s1. The van der Waals surface area contributed by atoms with Crippen LogP contribution in [-0.4, -0.2) is 48.3 Å². The molecule has 9 nitrogen and oxygen atoms in total. The predicted molar refractivity (Wildman–Crippen MR) is 153 cm³/mol. The summed E-state index contributed by atoms with van der Waals surface area (Å²) in [6, 6.07) is 14.8. The molecule has 7 atom stereocenters. The average Bonchev–Trinajstić information content (AvgIpc) is 3.71. The molecule has 0 radical (unpaired) electrons. The van der Waals surface area contributed by atoms with Gasteiger partial charge in [0.05, 0.1) is 36.3 Å². The molecular formula is C30H28N2O7S2. The van der Waals surface area contributed by atoms with Gasteiger partial charge in [0.15, 0.2) is 18.1 Å². The molecule has 3 heterocycles. The lowest BCUT2D eigenvalue weighted by molar-refractivity contribution is -0.145. The smallest absolute Gasteiger partial charge is 0.344 e. The van der Waals surface area contributed by atoms with Gasteiger partial charge in [-0.3, -0.25) is 19.3 Å². The van der Waals surface area contributed by atoms with E-state index < -0.39 is 5.97 Å². The second-order valence-corrected chi connectivity index (χ2v) is 13.0. The van der Waals surface area contributed by atoms with Crippen LogP contribution in [0.25, 0.3) is 0 Å². The Morgan fingerprint density at radius 3 is 2.51 bits per heavy atom. The largest absolute Gasteiger partial charge is 0.493 e. The van der Waals surface area contributed by atoms with Crippen molar-refractivity contribution in [1.82, 2.24) is 4.98 Å². The van der Waals surface area contributed by atoms with Crippen molar-refractivity contribution >= 4 is 46.6 Å². The molecule has 1 saturated heterocycles. The number of thioether (sulfide) groups is 1.